The van der Waals surface area contributed by atoms with Crippen molar-refractivity contribution < 1.29 is 13.2 Å². The molecule has 0 rings (SSSR count). The number of nitrogens with two attached hydrogens (primary N) is 1. The van der Waals surface area contributed by atoms with E-state index in [0.29, 0.717) is 12.8 Å². The molecule has 0 bridgehead atoms. The molecule has 0 fully saturated rings. The van der Waals surface area contributed by atoms with Gasteiger partial charge in [-0.2, -0.15) is 0 Å². The Kier molecular flexibility index (Phi) is 6.18. The van der Waals surface area contributed by atoms with Gasteiger partial charge in [-0.15, -0.1) is 0 Å². The van der Waals surface area contributed by atoms with E-state index in [-0.39, 0.29) is 23.7 Å². The molecule has 0 aliphatic rings. The summed E-state index contributed by atoms with van der Waals surface area (Å²) in [6.45, 7) is 5.43. The van der Waals surface area contributed by atoms with Crippen molar-refractivity contribution in [2.75, 3.05) is 11.5 Å². The molecule has 96 valence electrons. The maximum atomic E-state index is 11.7. The van der Waals surface area contributed by atoms with Crippen LogP contribution in [0.15, 0.2) is 0 Å². The summed E-state index contributed by atoms with van der Waals surface area (Å²) in [6.07, 6.45) is 2.04. The third kappa shape index (κ3) is 5.61. The van der Waals surface area contributed by atoms with Gasteiger partial charge in [0, 0.05) is 12.2 Å². The summed E-state index contributed by atoms with van der Waals surface area (Å²) >= 11 is 0. The van der Waals surface area contributed by atoms with E-state index >= 15 is 0 Å². The van der Waals surface area contributed by atoms with Crippen molar-refractivity contribution in [2.24, 2.45) is 5.73 Å². The zero-order chi connectivity index (χ0) is 12.8. The van der Waals surface area contributed by atoms with Gasteiger partial charge in [-0.1, -0.05) is 20.3 Å². The third-order valence-electron chi connectivity index (χ3n) is 2.56. The largest absolute Gasteiger partial charge is 0.319 e. The minimum Gasteiger partial charge on any atom is -0.319 e. The molecule has 0 aliphatic heterocycles. The quantitative estimate of drug-likeness (QED) is 0.703. The molecule has 1 unspecified atom stereocenters. The molecular weight excluding hydrogens is 226 g/mol. The molecule has 0 aromatic carbocycles. The molecule has 0 heterocycles. The molecule has 0 saturated heterocycles. The number of hydrogen-bond donors (Lipinski definition) is 1. The summed E-state index contributed by atoms with van der Waals surface area (Å²) in [5.41, 5.74) is 4.95. The first-order chi connectivity index (χ1) is 7.25. The van der Waals surface area contributed by atoms with Crippen LogP contribution in [0.1, 0.15) is 46.5 Å². The van der Waals surface area contributed by atoms with Crippen LogP contribution in [0.4, 0.5) is 0 Å². The predicted octanol–water partition coefficient (Wildman–Crippen LogP) is 1.29. The van der Waals surface area contributed by atoms with E-state index in [1.165, 1.54) is 0 Å². The van der Waals surface area contributed by atoms with E-state index < -0.39 is 15.4 Å². The highest BCUT2D eigenvalue weighted by Gasteiger charge is 2.27. The van der Waals surface area contributed by atoms with Crippen molar-refractivity contribution in [2.45, 2.75) is 52.0 Å². The Morgan fingerprint density at radius 3 is 2.19 bits per heavy atom. The van der Waals surface area contributed by atoms with Crippen LogP contribution in [0.3, 0.4) is 0 Å². The molecule has 1 atom stereocenters. The Hall–Kier alpha value is -0.420. The standard InChI is InChI=1S/C11H23NO3S/c1-4-7-11(3,12)10(13)6-9-16(14,15)8-5-2/h4-9,12H2,1-3H3. The van der Waals surface area contributed by atoms with Crippen LogP contribution in [-0.2, 0) is 14.6 Å². The van der Waals surface area contributed by atoms with Gasteiger partial charge in [0.2, 0.25) is 0 Å². The first-order valence-electron chi connectivity index (χ1n) is 5.77. The molecule has 5 heteroatoms. The zero-order valence-corrected chi connectivity index (χ0v) is 11.3. The van der Waals surface area contributed by atoms with Crippen molar-refractivity contribution in [1.82, 2.24) is 0 Å². The van der Waals surface area contributed by atoms with Crippen LogP contribution in [0, 0.1) is 0 Å². The summed E-state index contributed by atoms with van der Waals surface area (Å²) in [7, 11) is -3.08. The van der Waals surface area contributed by atoms with Crippen LogP contribution in [-0.4, -0.2) is 31.2 Å². The van der Waals surface area contributed by atoms with Crippen molar-refractivity contribution in [3.05, 3.63) is 0 Å². The van der Waals surface area contributed by atoms with Gasteiger partial charge in [0.1, 0.15) is 0 Å². The van der Waals surface area contributed by atoms with E-state index in [1.807, 2.05) is 13.8 Å². The van der Waals surface area contributed by atoms with E-state index in [4.69, 9.17) is 5.73 Å². The van der Waals surface area contributed by atoms with Gasteiger partial charge in [0.15, 0.2) is 15.6 Å². The van der Waals surface area contributed by atoms with Gasteiger partial charge in [-0.25, -0.2) is 8.42 Å². The fraction of sp³-hybridized carbons (Fsp3) is 0.909. The number of ketones is 1. The van der Waals surface area contributed by atoms with Crippen LogP contribution in [0.25, 0.3) is 0 Å². The maximum absolute atomic E-state index is 11.7. The first kappa shape index (κ1) is 15.6. The van der Waals surface area contributed by atoms with Crippen molar-refractivity contribution in [1.29, 1.82) is 0 Å². The minimum absolute atomic E-state index is 0.0370. The van der Waals surface area contributed by atoms with Crippen LogP contribution >= 0.6 is 0 Å². The molecular formula is C11H23NO3S. The van der Waals surface area contributed by atoms with Crippen molar-refractivity contribution in [3.63, 3.8) is 0 Å². The molecule has 16 heavy (non-hydrogen) atoms. The Balaban J connectivity index is 4.27. The van der Waals surface area contributed by atoms with Gasteiger partial charge >= 0.3 is 0 Å². The Bertz CT molecular complexity index is 320. The predicted molar refractivity (Wildman–Crippen MR) is 66.1 cm³/mol. The Labute approximate surface area is 98.5 Å². The molecule has 0 radical (unpaired) electrons. The average Bonchev–Trinajstić information content (AvgIpc) is 2.14. The summed E-state index contributed by atoms with van der Waals surface area (Å²) < 4.78 is 22.9. The topological polar surface area (TPSA) is 77.2 Å². The fourth-order valence-corrected chi connectivity index (χ4v) is 2.93. The van der Waals surface area contributed by atoms with E-state index in [9.17, 15) is 13.2 Å². The Morgan fingerprint density at radius 2 is 1.75 bits per heavy atom. The number of carbonyl (C=O) groups is 1. The summed E-state index contributed by atoms with van der Waals surface area (Å²) in [6, 6.07) is 0. The second-order valence-electron chi connectivity index (χ2n) is 4.49. The molecule has 0 aliphatic carbocycles. The minimum atomic E-state index is -3.08. The van der Waals surface area contributed by atoms with E-state index in [2.05, 4.69) is 0 Å². The number of hydrogen-bond acceptors (Lipinski definition) is 4. The van der Waals surface area contributed by atoms with Gasteiger partial charge in [-0.05, 0) is 19.8 Å². The first-order valence-corrected chi connectivity index (χ1v) is 7.60. The smallest absolute Gasteiger partial charge is 0.153 e. The normalized spacial score (nSPS) is 15.8. The zero-order valence-electron chi connectivity index (χ0n) is 10.5. The lowest BCUT2D eigenvalue weighted by Gasteiger charge is -2.22. The monoisotopic (exact) mass is 249 g/mol. The highest BCUT2D eigenvalue weighted by atomic mass is 32.2. The van der Waals surface area contributed by atoms with Crippen LogP contribution in [0.5, 0.6) is 0 Å². The van der Waals surface area contributed by atoms with Gasteiger partial charge in [0.25, 0.3) is 0 Å². The summed E-state index contributed by atoms with van der Waals surface area (Å²) in [5, 5.41) is 0. The summed E-state index contributed by atoms with van der Waals surface area (Å²) in [4.78, 5) is 11.7. The van der Waals surface area contributed by atoms with Crippen LogP contribution < -0.4 is 5.73 Å². The van der Waals surface area contributed by atoms with Gasteiger partial charge in [0.05, 0.1) is 11.3 Å². The molecule has 0 amide bonds. The molecule has 4 nitrogen and oxygen atoms in total. The second kappa shape index (κ2) is 6.35. The fourth-order valence-electron chi connectivity index (χ4n) is 1.61. The van der Waals surface area contributed by atoms with Crippen molar-refractivity contribution >= 4 is 15.6 Å². The van der Waals surface area contributed by atoms with Crippen molar-refractivity contribution in [3.8, 4) is 0 Å². The molecule has 0 spiro atoms. The molecule has 2 N–H and O–H groups in total. The highest BCUT2D eigenvalue weighted by molar-refractivity contribution is 7.91. The number of rotatable bonds is 8. The van der Waals surface area contributed by atoms with E-state index in [0.717, 1.165) is 6.42 Å². The lowest BCUT2D eigenvalue weighted by Crippen LogP contribution is -2.45. The number of sulfone groups is 1. The van der Waals surface area contributed by atoms with Crippen LogP contribution in [0.2, 0.25) is 0 Å². The van der Waals surface area contributed by atoms with E-state index in [1.54, 1.807) is 6.92 Å². The molecule has 0 aromatic rings. The van der Waals surface area contributed by atoms with Gasteiger partial charge in [-0.3, -0.25) is 4.79 Å². The molecule has 0 saturated carbocycles. The number of Topliss-reactive ketones (excluding diaryl/α,β-unsaturated/α-hetero) is 1. The average molecular weight is 249 g/mol. The third-order valence-corrected chi connectivity index (χ3v) is 4.42. The highest BCUT2D eigenvalue weighted by Crippen LogP contribution is 2.13. The second-order valence-corrected chi connectivity index (χ2v) is 6.80. The summed E-state index contributed by atoms with van der Waals surface area (Å²) in [5.74, 6) is -0.0834. The Morgan fingerprint density at radius 1 is 1.19 bits per heavy atom. The number of carbonyl (C=O) groups excluding carboxylic acids is 1. The SMILES string of the molecule is CCCC(C)(N)C(=O)CCS(=O)(=O)CCC. The van der Waals surface area contributed by atoms with Gasteiger partial charge < -0.3 is 5.73 Å². The maximum Gasteiger partial charge on any atom is 0.153 e. The molecule has 0 aromatic heterocycles. The lowest BCUT2D eigenvalue weighted by atomic mass is 9.91. The lowest BCUT2D eigenvalue weighted by molar-refractivity contribution is -0.123.